The average Bonchev–Trinajstić information content (AvgIpc) is 2.86. The number of carbonyl (C=O) groups is 2. The molecule has 0 saturated heterocycles. The molecular formula is C27H28Br2N2O3. The van der Waals surface area contributed by atoms with Crippen LogP contribution < -0.4 is 10.1 Å². The molecule has 0 aliphatic rings. The lowest BCUT2D eigenvalue weighted by molar-refractivity contribution is -0.142. The Kier molecular flexibility index (Phi) is 9.72. The lowest BCUT2D eigenvalue weighted by Gasteiger charge is -2.31. The van der Waals surface area contributed by atoms with Crippen LogP contribution in [0.3, 0.4) is 0 Å². The van der Waals surface area contributed by atoms with Crippen molar-refractivity contribution in [1.29, 1.82) is 0 Å². The zero-order chi connectivity index (χ0) is 24.5. The first-order valence-electron chi connectivity index (χ1n) is 11.1. The van der Waals surface area contributed by atoms with Crippen LogP contribution in [-0.4, -0.2) is 36.4 Å². The maximum atomic E-state index is 13.5. The first-order chi connectivity index (χ1) is 16.4. The molecule has 1 N–H and O–H groups in total. The number of nitrogens with one attached hydrogen (secondary N) is 1. The third kappa shape index (κ3) is 7.18. The summed E-state index contributed by atoms with van der Waals surface area (Å²) >= 11 is 6.97. The van der Waals surface area contributed by atoms with Gasteiger partial charge in [-0.15, -0.1) is 0 Å². The minimum atomic E-state index is -0.682. The van der Waals surface area contributed by atoms with Crippen molar-refractivity contribution in [3.8, 4) is 5.75 Å². The number of hydrogen-bond donors (Lipinski definition) is 1. The topological polar surface area (TPSA) is 58.6 Å². The largest absolute Gasteiger partial charge is 0.483 e. The van der Waals surface area contributed by atoms with E-state index in [1.54, 1.807) is 11.9 Å². The summed E-state index contributed by atoms with van der Waals surface area (Å²) in [5.74, 6) is 0.107. The van der Waals surface area contributed by atoms with E-state index in [9.17, 15) is 9.59 Å². The van der Waals surface area contributed by atoms with Crippen molar-refractivity contribution in [2.24, 2.45) is 0 Å². The second-order valence-corrected chi connectivity index (χ2v) is 9.64. The molecule has 3 aromatic carbocycles. The van der Waals surface area contributed by atoms with E-state index in [0.717, 1.165) is 26.5 Å². The Balaban J connectivity index is 1.86. The summed E-state index contributed by atoms with van der Waals surface area (Å²) in [6.45, 7) is 2.19. The van der Waals surface area contributed by atoms with Crippen molar-refractivity contribution in [3.05, 3.63) is 98.4 Å². The fourth-order valence-corrected chi connectivity index (χ4v) is 4.42. The molecule has 0 unspecified atom stereocenters. The van der Waals surface area contributed by atoms with Crippen LogP contribution >= 0.6 is 31.9 Å². The van der Waals surface area contributed by atoms with Crippen molar-refractivity contribution in [2.45, 2.75) is 32.4 Å². The maximum absolute atomic E-state index is 13.5. The van der Waals surface area contributed by atoms with Gasteiger partial charge in [-0.05, 0) is 63.3 Å². The molecule has 1 atom stereocenters. The fraction of sp³-hybridized carbons (Fsp3) is 0.259. The van der Waals surface area contributed by atoms with Gasteiger partial charge in [-0.1, -0.05) is 71.4 Å². The molecule has 0 bridgehead atoms. The Morgan fingerprint density at radius 3 is 2.24 bits per heavy atom. The normalized spacial score (nSPS) is 11.5. The van der Waals surface area contributed by atoms with Crippen LogP contribution in [0.15, 0.2) is 81.7 Å². The lowest BCUT2D eigenvalue weighted by Crippen LogP contribution is -2.51. The SMILES string of the molecule is CCc1ccc(OCC(=O)N(Cc2ccc(Br)cc2)[C@H](Cc2ccccc2)C(=O)NC)c(Br)c1. The van der Waals surface area contributed by atoms with E-state index in [0.29, 0.717) is 12.2 Å². The number of likely N-dealkylation sites (N-methyl/N-ethyl adjacent to an activating group) is 1. The first-order valence-corrected chi connectivity index (χ1v) is 12.7. The smallest absolute Gasteiger partial charge is 0.261 e. The zero-order valence-corrected chi connectivity index (χ0v) is 22.4. The number of carbonyl (C=O) groups excluding carboxylic acids is 2. The highest BCUT2D eigenvalue weighted by Crippen LogP contribution is 2.26. The van der Waals surface area contributed by atoms with Crippen molar-refractivity contribution in [1.82, 2.24) is 10.2 Å². The van der Waals surface area contributed by atoms with Crippen LogP contribution in [0.25, 0.3) is 0 Å². The average molecular weight is 588 g/mol. The van der Waals surface area contributed by atoms with E-state index < -0.39 is 6.04 Å². The minimum absolute atomic E-state index is 0.178. The van der Waals surface area contributed by atoms with Crippen molar-refractivity contribution in [3.63, 3.8) is 0 Å². The van der Waals surface area contributed by atoms with Gasteiger partial charge >= 0.3 is 0 Å². The predicted molar refractivity (Wildman–Crippen MR) is 142 cm³/mol. The van der Waals surface area contributed by atoms with Crippen LogP contribution in [-0.2, 0) is 29.0 Å². The number of halogens is 2. The number of hydrogen-bond acceptors (Lipinski definition) is 3. The quantitative estimate of drug-likeness (QED) is 0.339. The number of aryl methyl sites for hydroxylation is 1. The van der Waals surface area contributed by atoms with Crippen LogP contribution in [0, 0.1) is 0 Å². The van der Waals surface area contributed by atoms with E-state index >= 15 is 0 Å². The van der Waals surface area contributed by atoms with Gasteiger partial charge in [-0.25, -0.2) is 0 Å². The van der Waals surface area contributed by atoms with Gasteiger partial charge in [0.25, 0.3) is 5.91 Å². The zero-order valence-electron chi connectivity index (χ0n) is 19.3. The Bertz CT molecular complexity index is 1100. The molecule has 0 aliphatic heterocycles. The molecule has 3 rings (SSSR count). The van der Waals surface area contributed by atoms with E-state index in [-0.39, 0.29) is 25.0 Å². The van der Waals surface area contributed by atoms with Crippen molar-refractivity contribution >= 4 is 43.7 Å². The van der Waals surface area contributed by atoms with Gasteiger partial charge in [0.05, 0.1) is 4.47 Å². The molecule has 7 heteroatoms. The van der Waals surface area contributed by atoms with Gasteiger partial charge in [-0.2, -0.15) is 0 Å². The highest BCUT2D eigenvalue weighted by Gasteiger charge is 2.30. The Morgan fingerprint density at radius 2 is 1.62 bits per heavy atom. The van der Waals surface area contributed by atoms with Gasteiger partial charge in [0.1, 0.15) is 11.8 Å². The first kappa shape index (κ1) is 26.0. The highest BCUT2D eigenvalue weighted by molar-refractivity contribution is 9.10. The van der Waals surface area contributed by atoms with Crippen molar-refractivity contribution < 1.29 is 14.3 Å². The third-order valence-corrected chi connectivity index (χ3v) is 6.69. The number of amides is 2. The summed E-state index contributed by atoms with van der Waals surface area (Å²) in [5.41, 5.74) is 3.07. The van der Waals surface area contributed by atoms with Gasteiger partial charge in [0.15, 0.2) is 6.61 Å². The number of rotatable bonds is 10. The van der Waals surface area contributed by atoms with E-state index in [2.05, 4.69) is 44.1 Å². The molecule has 0 spiro atoms. The second kappa shape index (κ2) is 12.7. The molecule has 0 fully saturated rings. The monoisotopic (exact) mass is 586 g/mol. The Hall–Kier alpha value is -2.64. The molecule has 0 heterocycles. The summed E-state index contributed by atoms with van der Waals surface area (Å²) in [5, 5.41) is 2.72. The summed E-state index contributed by atoms with van der Waals surface area (Å²) in [7, 11) is 1.59. The highest BCUT2D eigenvalue weighted by atomic mass is 79.9. The third-order valence-electron chi connectivity index (χ3n) is 5.54. The van der Waals surface area contributed by atoms with Crippen LogP contribution in [0.1, 0.15) is 23.6 Å². The van der Waals surface area contributed by atoms with Gasteiger partial charge in [-0.3, -0.25) is 9.59 Å². The molecule has 3 aromatic rings. The Morgan fingerprint density at radius 1 is 0.941 bits per heavy atom. The molecule has 34 heavy (non-hydrogen) atoms. The number of ether oxygens (including phenoxy) is 1. The summed E-state index contributed by atoms with van der Waals surface area (Å²) in [6, 6.07) is 22.6. The molecule has 178 valence electrons. The summed E-state index contributed by atoms with van der Waals surface area (Å²) in [4.78, 5) is 28.0. The van der Waals surface area contributed by atoms with Crippen LogP contribution in [0.4, 0.5) is 0 Å². The molecule has 0 aromatic heterocycles. The second-order valence-electron chi connectivity index (χ2n) is 7.87. The fourth-order valence-electron chi connectivity index (χ4n) is 3.61. The molecule has 0 aliphatic carbocycles. The molecule has 5 nitrogen and oxygen atoms in total. The van der Waals surface area contributed by atoms with Gasteiger partial charge in [0, 0.05) is 24.5 Å². The minimum Gasteiger partial charge on any atom is -0.483 e. The van der Waals surface area contributed by atoms with Gasteiger partial charge in [0.2, 0.25) is 5.91 Å². The van der Waals surface area contributed by atoms with Crippen LogP contribution in [0.2, 0.25) is 0 Å². The summed E-state index contributed by atoms with van der Waals surface area (Å²) in [6.07, 6.45) is 1.31. The van der Waals surface area contributed by atoms with E-state index in [1.807, 2.05) is 72.8 Å². The van der Waals surface area contributed by atoms with Crippen molar-refractivity contribution in [2.75, 3.05) is 13.7 Å². The van der Waals surface area contributed by atoms with Crippen LogP contribution in [0.5, 0.6) is 5.75 Å². The molecule has 2 amide bonds. The van der Waals surface area contributed by atoms with Gasteiger partial charge < -0.3 is 15.0 Å². The number of nitrogens with zero attached hydrogens (tertiary/aromatic N) is 1. The molecular weight excluding hydrogens is 560 g/mol. The lowest BCUT2D eigenvalue weighted by atomic mass is 10.0. The Labute approximate surface area is 217 Å². The summed E-state index contributed by atoms with van der Waals surface area (Å²) < 4.78 is 7.62. The standard InChI is InChI=1S/C27H28Br2N2O3/c1-3-19-11-14-25(23(29)15-19)34-18-26(32)31(17-21-9-12-22(28)13-10-21)24(27(33)30-2)16-20-7-5-4-6-8-20/h4-15,24H,3,16-18H2,1-2H3,(H,30,33)/t24-/m1/s1. The number of benzene rings is 3. The molecule has 0 saturated carbocycles. The van der Waals surface area contributed by atoms with E-state index in [4.69, 9.17) is 4.74 Å². The predicted octanol–water partition coefficient (Wildman–Crippen LogP) is 5.54. The maximum Gasteiger partial charge on any atom is 0.261 e. The van der Waals surface area contributed by atoms with E-state index in [1.165, 1.54) is 5.56 Å². The molecule has 0 radical (unpaired) electrons.